The van der Waals surface area contributed by atoms with Crippen LogP contribution in [-0.2, 0) is 0 Å². The maximum atomic E-state index is 5.94. The van der Waals surface area contributed by atoms with Crippen molar-refractivity contribution in [1.82, 2.24) is 19.5 Å². The second-order valence-corrected chi connectivity index (χ2v) is 5.17. The molecule has 2 aromatic heterocycles. The highest BCUT2D eigenvalue weighted by atomic mass is 15.2. The lowest BCUT2D eigenvalue weighted by atomic mass is 10.2. The molecule has 0 bridgehead atoms. The first-order valence-electron chi connectivity index (χ1n) is 7.15. The standard InChI is InChI=1S/C17H14N6/c18-12-7-4-8-13(9-12)23-15(11-5-2-1-3-6-11)21-14-10-20-17(19)22-16(14)23/h1-10H,18H2,(H2,19,20,22). The van der Waals surface area contributed by atoms with Gasteiger partial charge in [0, 0.05) is 11.3 Å². The molecule has 2 heterocycles. The van der Waals surface area contributed by atoms with E-state index in [0.29, 0.717) is 16.9 Å². The molecular weight excluding hydrogens is 288 g/mol. The number of nitrogens with zero attached hydrogens (tertiary/aromatic N) is 4. The molecular formula is C17H14N6. The van der Waals surface area contributed by atoms with Gasteiger partial charge in [-0.15, -0.1) is 0 Å². The molecule has 4 rings (SSSR count). The lowest BCUT2D eigenvalue weighted by Crippen LogP contribution is -2.01. The third-order valence-electron chi connectivity index (χ3n) is 3.58. The summed E-state index contributed by atoms with van der Waals surface area (Å²) in [5, 5.41) is 0. The van der Waals surface area contributed by atoms with Crippen LogP contribution in [0.25, 0.3) is 28.2 Å². The van der Waals surface area contributed by atoms with E-state index in [-0.39, 0.29) is 5.95 Å². The van der Waals surface area contributed by atoms with Crippen LogP contribution < -0.4 is 11.5 Å². The predicted molar refractivity (Wildman–Crippen MR) is 90.9 cm³/mol. The number of nitrogen functional groups attached to an aromatic ring is 2. The molecule has 0 aliphatic heterocycles. The van der Waals surface area contributed by atoms with Crippen LogP contribution in [0.2, 0.25) is 0 Å². The number of aromatic nitrogens is 4. The number of hydrogen-bond donors (Lipinski definition) is 2. The summed E-state index contributed by atoms with van der Waals surface area (Å²) in [6.07, 6.45) is 1.63. The highest BCUT2D eigenvalue weighted by molar-refractivity contribution is 5.80. The zero-order valence-electron chi connectivity index (χ0n) is 12.2. The monoisotopic (exact) mass is 302 g/mol. The van der Waals surface area contributed by atoms with Crippen molar-refractivity contribution in [3.05, 3.63) is 60.8 Å². The number of hydrogen-bond acceptors (Lipinski definition) is 5. The Bertz CT molecular complexity index is 991. The normalized spacial score (nSPS) is 11.0. The van der Waals surface area contributed by atoms with Crippen molar-refractivity contribution in [1.29, 1.82) is 0 Å². The lowest BCUT2D eigenvalue weighted by molar-refractivity contribution is 1.07. The highest BCUT2D eigenvalue weighted by Gasteiger charge is 2.16. The lowest BCUT2D eigenvalue weighted by Gasteiger charge is -2.09. The SMILES string of the molecule is Nc1cccc(-n2c(-c3ccccc3)nc3cnc(N)nc32)c1. The van der Waals surface area contributed by atoms with Crippen LogP contribution in [0, 0.1) is 0 Å². The van der Waals surface area contributed by atoms with Gasteiger partial charge in [0.25, 0.3) is 0 Å². The molecule has 0 spiro atoms. The summed E-state index contributed by atoms with van der Waals surface area (Å²) in [6.45, 7) is 0. The van der Waals surface area contributed by atoms with E-state index in [9.17, 15) is 0 Å². The molecule has 0 fully saturated rings. The van der Waals surface area contributed by atoms with Gasteiger partial charge < -0.3 is 11.5 Å². The van der Waals surface area contributed by atoms with Crippen molar-refractivity contribution in [2.24, 2.45) is 0 Å². The Morgan fingerprint density at radius 2 is 1.70 bits per heavy atom. The second kappa shape index (κ2) is 5.10. The fourth-order valence-corrected chi connectivity index (χ4v) is 2.58. The Balaban J connectivity index is 2.08. The number of imidazole rings is 1. The predicted octanol–water partition coefficient (Wildman–Crippen LogP) is 2.65. The number of nitrogens with two attached hydrogens (primary N) is 2. The summed E-state index contributed by atoms with van der Waals surface area (Å²) in [5.74, 6) is 0.980. The van der Waals surface area contributed by atoms with Gasteiger partial charge in [-0.3, -0.25) is 4.57 Å². The van der Waals surface area contributed by atoms with Gasteiger partial charge in [0.1, 0.15) is 11.3 Å². The van der Waals surface area contributed by atoms with Crippen LogP contribution in [0.4, 0.5) is 11.6 Å². The van der Waals surface area contributed by atoms with Gasteiger partial charge in [-0.2, -0.15) is 4.98 Å². The molecule has 23 heavy (non-hydrogen) atoms. The molecule has 0 aliphatic rings. The van der Waals surface area contributed by atoms with Crippen molar-refractivity contribution in [2.45, 2.75) is 0 Å². The number of fused-ring (bicyclic) bond motifs is 1. The van der Waals surface area contributed by atoms with Crippen molar-refractivity contribution < 1.29 is 0 Å². The van der Waals surface area contributed by atoms with E-state index >= 15 is 0 Å². The molecule has 0 atom stereocenters. The van der Waals surface area contributed by atoms with Gasteiger partial charge in [-0.1, -0.05) is 36.4 Å². The fraction of sp³-hybridized carbons (Fsp3) is 0. The molecule has 6 heteroatoms. The van der Waals surface area contributed by atoms with Crippen LogP contribution in [-0.4, -0.2) is 19.5 Å². The minimum Gasteiger partial charge on any atom is -0.399 e. The van der Waals surface area contributed by atoms with Gasteiger partial charge in [0.2, 0.25) is 5.95 Å². The maximum Gasteiger partial charge on any atom is 0.222 e. The Morgan fingerprint density at radius 1 is 0.870 bits per heavy atom. The van der Waals surface area contributed by atoms with Crippen molar-refractivity contribution in [2.75, 3.05) is 11.5 Å². The Morgan fingerprint density at radius 3 is 2.48 bits per heavy atom. The van der Waals surface area contributed by atoms with E-state index in [1.807, 2.05) is 59.2 Å². The Kier molecular flexibility index (Phi) is 2.94. The average Bonchev–Trinajstić information content (AvgIpc) is 2.94. The molecule has 0 saturated heterocycles. The summed E-state index contributed by atoms with van der Waals surface area (Å²) >= 11 is 0. The Labute approximate surface area is 132 Å². The molecule has 2 aromatic carbocycles. The molecule has 112 valence electrons. The van der Waals surface area contributed by atoms with Gasteiger partial charge in [0.05, 0.1) is 11.9 Å². The molecule has 4 N–H and O–H groups in total. The molecule has 0 saturated carbocycles. The molecule has 6 nitrogen and oxygen atoms in total. The summed E-state index contributed by atoms with van der Waals surface area (Å²) in [7, 11) is 0. The average molecular weight is 302 g/mol. The maximum absolute atomic E-state index is 5.94. The van der Waals surface area contributed by atoms with Crippen LogP contribution in [0.1, 0.15) is 0 Å². The third-order valence-corrected chi connectivity index (χ3v) is 3.58. The zero-order chi connectivity index (χ0) is 15.8. The van der Waals surface area contributed by atoms with Gasteiger partial charge >= 0.3 is 0 Å². The van der Waals surface area contributed by atoms with Crippen LogP contribution in [0.3, 0.4) is 0 Å². The van der Waals surface area contributed by atoms with Crippen molar-refractivity contribution >= 4 is 22.8 Å². The molecule has 0 unspecified atom stereocenters. The third kappa shape index (κ3) is 2.26. The van der Waals surface area contributed by atoms with E-state index in [1.165, 1.54) is 0 Å². The number of benzene rings is 2. The van der Waals surface area contributed by atoms with Crippen LogP contribution in [0.5, 0.6) is 0 Å². The first-order valence-corrected chi connectivity index (χ1v) is 7.15. The summed E-state index contributed by atoms with van der Waals surface area (Å²) in [4.78, 5) is 13.1. The molecule has 0 amide bonds. The largest absolute Gasteiger partial charge is 0.399 e. The van der Waals surface area contributed by atoms with E-state index in [4.69, 9.17) is 11.5 Å². The van der Waals surface area contributed by atoms with Crippen LogP contribution >= 0.6 is 0 Å². The van der Waals surface area contributed by atoms with E-state index in [1.54, 1.807) is 6.20 Å². The number of anilines is 2. The smallest absolute Gasteiger partial charge is 0.222 e. The fourth-order valence-electron chi connectivity index (χ4n) is 2.58. The van der Waals surface area contributed by atoms with Crippen molar-refractivity contribution in [3.8, 4) is 17.1 Å². The van der Waals surface area contributed by atoms with E-state index in [2.05, 4.69) is 15.0 Å². The number of rotatable bonds is 2. The van der Waals surface area contributed by atoms with Gasteiger partial charge in [0.15, 0.2) is 5.65 Å². The summed E-state index contributed by atoms with van der Waals surface area (Å²) in [6, 6.07) is 17.5. The topological polar surface area (TPSA) is 95.6 Å². The first kappa shape index (κ1) is 13.3. The minimum absolute atomic E-state index is 0.210. The molecule has 0 aliphatic carbocycles. The Hall–Kier alpha value is -3.41. The first-order chi connectivity index (χ1) is 11.2. The van der Waals surface area contributed by atoms with E-state index < -0.39 is 0 Å². The highest BCUT2D eigenvalue weighted by Crippen LogP contribution is 2.28. The van der Waals surface area contributed by atoms with E-state index in [0.717, 1.165) is 17.1 Å². The van der Waals surface area contributed by atoms with Crippen LogP contribution in [0.15, 0.2) is 60.8 Å². The quantitative estimate of drug-likeness (QED) is 0.555. The summed E-state index contributed by atoms with van der Waals surface area (Å²) in [5.41, 5.74) is 15.6. The second-order valence-electron chi connectivity index (χ2n) is 5.17. The van der Waals surface area contributed by atoms with Gasteiger partial charge in [-0.05, 0) is 18.2 Å². The molecule has 0 radical (unpaired) electrons. The zero-order valence-corrected chi connectivity index (χ0v) is 12.2. The van der Waals surface area contributed by atoms with Crippen molar-refractivity contribution in [3.63, 3.8) is 0 Å². The molecule has 4 aromatic rings. The minimum atomic E-state index is 0.210. The van der Waals surface area contributed by atoms with Gasteiger partial charge in [-0.25, -0.2) is 9.97 Å². The summed E-state index contributed by atoms with van der Waals surface area (Å²) < 4.78 is 1.94.